The van der Waals surface area contributed by atoms with E-state index in [1.165, 1.54) is 11.1 Å². The lowest BCUT2D eigenvalue weighted by molar-refractivity contribution is -0.136. The molecule has 1 aliphatic rings. The van der Waals surface area contributed by atoms with Gasteiger partial charge in [-0.25, -0.2) is 0 Å². The highest BCUT2D eigenvalue weighted by Crippen LogP contribution is 2.32. The number of hydrogen-bond donors (Lipinski definition) is 1. The zero-order valence-electron chi connectivity index (χ0n) is 13.5. The van der Waals surface area contributed by atoms with E-state index in [0.29, 0.717) is 6.54 Å². The Morgan fingerprint density at radius 3 is 2.71 bits per heavy atom. The number of ether oxygens (including phenoxy) is 1. The highest BCUT2D eigenvalue weighted by molar-refractivity contribution is 5.77. The maximum atomic E-state index is 12.0. The summed E-state index contributed by atoms with van der Waals surface area (Å²) in [6.07, 6.45) is 0.899. The van der Waals surface area contributed by atoms with Crippen molar-refractivity contribution in [2.75, 3.05) is 20.3 Å². The summed E-state index contributed by atoms with van der Waals surface area (Å²) in [6.45, 7) is 8.00. The van der Waals surface area contributed by atoms with E-state index in [1.54, 1.807) is 7.11 Å². The molecule has 4 nitrogen and oxygen atoms in total. The fourth-order valence-corrected chi connectivity index (χ4v) is 2.70. The third-order valence-corrected chi connectivity index (χ3v) is 4.16. The van der Waals surface area contributed by atoms with Crippen LogP contribution >= 0.6 is 0 Å². The smallest absolute Gasteiger partial charge is 0.248 e. The first-order valence-corrected chi connectivity index (χ1v) is 7.47. The van der Waals surface area contributed by atoms with E-state index in [-0.39, 0.29) is 24.0 Å². The molecule has 116 valence electrons. The molecular weight excluding hydrogens is 264 g/mol. The molecule has 4 heteroatoms. The molecule has 1 amide bonds. The van der Waals surface area contributed by atoms with Gasteiger partial charge in [0.15, 0.2) is 0 Å². The second-order valence-electron chi connectivity index (χ2n) is 6.87. The number of amides is 1. The molecular formula is C17H26N2O2. The van der Waals surface area contributed by atoms with Crippen molar-refractivity contribution >= 4 is 5.91 Å². The van der Waals surface area contributed by atoms with Gasteiger partial charge in [-0.2, -0.15) is 0 Å². The molecule has 2 N–H and O–H groups in total. The number of hydrogen-bond acceptors (Lipinski definition) is 3. The Morgan fingerprint density at radius 2 is 2.10 bits per heavy atom. The summed E-state index contributed by atoms with van der Waals surface area (Å²) in [5, 5.41) is 0. The van der Waals surface area contributed by atoms with Gasteiger partial charge in [-0.15, -0.1) is 0 Å². The highest BCUT2D eigenvalue weighted by atomic mass is 16.5. The SMILES string of the molecule is COCC(=O)N1CCc2ccc(C(N)C(C)(C)C)cc2C1. The minimum atomic E-state index is -0.00662. The zero-order chi connectivity index (χ0) is 15.6. The first-order valence-electron chi connectivity index (χ1n) is 7.47. The maximum absolute atomic E-state index is 12.0. The summed E-state index contributed by atoms with van der Waals surface area (Å²) >= 11 is 0. The molecule has 0 saturated carbocycles. The monoisotopic (exact) mass is 290 g/mol. The number of benzene rings is 1. The van der Waals surface area contributed by atoms with Crippen molar-refractivity contribution in [2.45, 2.75) is 39.8 Å². The van der Waals surface area contributed by atoms with Crippen LogP contribution in [0.2, 0.25) is 0 Å². The van der Waals surface area contributed by atoms with E-state index in [1.807, 2.05) is 4.90 Å². The Kier molecular flexibility index (Phi) is 4.69. The average molecular weight is 290 g/mol. The molecule has 0 radical (unpaired) electrons. The van der Waals surface area contributed by atoms with Gasteiger partial charge in [-0.3, -0.25) is 4.79 Å². The Bertz CT molecular complexity index is 520. The number of fused-ring (bicyclic) bond motifs is 1. The van der Waals surface area contributed by atoms with Gasteiger partial charge in [0.1, 0.15) is 6.61 Å². The number of rotatable bonds is 3. The number of methoxy groups -OCH3 is 1. The van der Waals surface area contributed by atoms with Crippen LogP contribution in [0.1, 0.15) is 43.5 Å². The fourth-order valence-electron chi connectivity index (χ4n) is 2.70. The van der Waals surface area contributed by atoms with Crippen LogP contribution in [-0.4, -0.2) is 31.1 Å². The number of carbonyl (C=O) groups excluding carboxylic acids is 1. The molecule has 1 aromatic rings. The molecule has 0 saturated heterocycles. The van der Waals surface area contributed by atoms with E-state index < -0.39 is 0 Å². The van der Waals surface area contributed by atoms with Crippen LogP contribution in [0.5, 0.6) is 0 Å². The minimum absolute atomic E-state index is 0.00662. The predicted molar refractivity (Wildman–Crippen MR) is 83.8 cm³/mol. The molecule has 1 aromatic carbocycles. The van der Waals surface area contributed by atoms with Crippen LogP contribution in [0.4, 0.5) is 0 Å². The Balaban J connectivity index is 2.20. The predicted octanol–water partition coefficient (Wildman–Crippen LogP) is 2.26. The van der Waals surface area contributed by atoms with Crippen molar-refractivity contribution in [3.8, 4) is 0 Å². The normalized spacial score (nSPS) is 16.5. The Labute approximate surface area is 127 Å². The summed E-state index contributed by atoms with van der Waals surface area (Å²) in [6, 6.07) is 6.45. The van der Waals surface area contributed by atoms with Crippen molar-refractivity contribution in [1.82, 2.24) is 4.90 Å². The second kappa shape index (κ2) is 6.16. The zero-order valence-corrected chi connectivity index (χ0v) is 13.5. The van der Waals surface area contributed by atoms with Gasteiger partial charge in [0.25, 0.3) is 0 Å². The van der Waals surface area contributed by atoms with E-state index in [4.69, 9.17) is 10.5 Å². The molecule has 0 bridgehead atoms. The molecule has 0 fully saturated rings. The lowest BCUT2D eigenvalue weighted by Crippen LogP contribution is -2.38. The van der Waals surface area contributed by atoms with Gasteiger partial charge in [-0.1, -0.05) is 39.0 Å². The number of nitrogens with two attached hydrogens (primary N) is 1. The molecule has 2 rings (SSSR count). The molecule has 0 aromatic heterocycles. The van der Waals surface area contributed by atoms with Crippen molar-refractivity contribution < 1.29 is 9.53 Å². The van der Waals surface area contributed by atoms with Crippen LogP contribution in [-0.2, 0) is 22.5 Å². The van der Waals surface area contributed by atoms with Crippen molar-refractivity contribution in [2.24, 2.45) is 11.1 Å². The third-order valence-electron chi connectivity index (χ3n) is 4.16. The standard InChI is InChI=1S/C17H26N2O2/c1-17(2,3)16(18)13-6-5-12-7-8-19(10-14(12)9-13)15(20)11-21-4/h5-6,9,16H,7-8,10-11,18H2,1-4H3. The second-order valence-corrected chi connectivity index (χ2v) is 6.87. The third kappa shape index (κ3) is 3.63. The Morgan fingerprint density at radius 1 is 1.38 bits per heavy atom. The highest BCUT2D eigenvalue weighted by Gasteiger charge is 2.25. The lowest BCUT2D eigenvalue weighted by atomic mass is 9.82. The minimum Gasteiger partial charge on any atom is -0.375 e. The van der Waals surface area contributed by atoms with Gasteiger partial charge < -0.3 is 15.4 Å². The largest absolute Gasteiger partial charge is 0.375 e. The van der Waals surface area contributed by atoms with Gasteiger partial charge in [0, 0.05) is 26.2 Å². The van der Waals surface area contributed by atoms with Crippen molar-refractivity contribution in [3.05, 3.63) is 34.9 Å². The average Bonchev–Trinajstić information content (AvgIpc) is 2.44. The fraction of sp³-hybridized carbons (Fsp3) is 0.588. The quantitative estimate of drug-likeness (QED) is 0.929. The topological polar surface area (TPSA) is 55.6 Å². The van der Waals surface area contributed by atoms with Gasteiger partial charge >= 0.3 is 0 Å². The lowest BCUT2D eigenvalue weighted by Gasteiger charge is -2.31. The van der Waals surface area contributed by atoms with Gasteiger partial charge in [-0.05, 0) is 28.5 Å². The van der Waals surface area contributed by atoms with Crippen LogP contribution < -0.4 is 5.73 Å². The van der Waals surface area contributed by atoms with E-state index in [0.717, 1.165) is 18.5 Å². The number of nitrogens with zero attached hydrogens (tertiary/aromatic N) is 1. The van der Waals surface area contributed by atoms with E-state index in [2.05, 4.69) is 39.0 Å². The molecule has 1 heterocycles. The molecule has 1 aliphatic heterocycles. The summed E-state index contributed by atoms with van der Waals surface area (Å²) in [4.78, 5) is 13.8. The first-order chi connectivity index (χ1) is 9.82. The molecule has 1 atom stereocenters. The molecule has 1 unspecified atom stereocenters. The van der Waals surface area contributed by atoms with E-state index >= 15 is 0 Å². The van der Waals surface area contributed by atoms with Crippen LogP contribution in [0.3, 0.4) is 0 Å². The van der Waals surface area contributed by atoms with Crippen molar-refractivity contribution in [1.29, 1.82) is 0 Å². The summed E-state index contributed by atoms with van der Waals surface area (Å²) in [7, 11) is 1.55. The molecule has 21 heavy (non-hydrogen) atoms. The first kappa shape index (κ1) is 16.0. The molecule has 0 spiro atoms. The van der Waals surface area contributed by atoms with Crippen LogP contribution in [0.15, 0.2) is 18.2 Å². The van der Waals surface area contributed by atoms with Crippen molar-refractivity contribution in [3.63, 3.8) is 0 Å². The summed E-state index contributed by atoms with van der Waals surface area (Å²) in [5.41, 5.74) is 10.0. The van der Waals surface area contributed by atoms with Gasteiger partial charge in [0.05, 0.1) is 0 Å². The maximum Gasteiger partial charge on any atom is 0.248 e. The summed E-state index contributed by atoms with van der Waals surface area (Å²) in [5.74, 6) is 0.0497. The van der Waals surface area contributed by atoms with E-state index in [9.17, 15) is 4.79 Å². The van der Waals surface area contributed by atoms with Crippen LogP contribution in [0.25, 0.3) is 0 Å². The number of carbonyl (C=O) groups is 1. The summed E-state index contributed by atoms with van der Waals surface area (Å²) < 4.78 is 4.94. The van der Waals surface area contributed by atoms with Crippen LogP contribution in [0, 0.1) is 5.41 Å². The Hall–Kier alpha value is -1.39. The molecule has 0 aliphatic carbocycles. The van der Waals surface area contributed by atoms with Gasteiger partial charge in [0.2, 0.25) is 5.91 Å².